The number of hydrogen-bond donors (Lipinski definition) is 3. The molecule has 0 heterocycles. The van der Waals surface area contributed by atoms with Crippen LogP contribution in [-0.2, 0) is 4.79 Å². The Morgan fingerprint density at radius 2 is 1.89 bits per heavy atom. The number of methoxy groups -OCH3 is 1. The van der Waals surface area contributed by atoms with E-state index in [9.17, 15) is 9.59 Å². The first kappa shape index (κ1) is 14.8. The molecule has 0 fully saturated rings. The molecule has 0 aliphatic carbocycles. The van der Waals surface area contributed by atoms with E-state index < -0.39 is 18.0 Å². The number of ether oxygens (including phenoxy) is 1. The molecule has 19 heavy (non-hydrogen) atoms. The largest absolute Gasteiger partial charge is 0.495 e. The minimum Gasteiger partial charge on any atom is -0.495 e. The molecule has 0 saturated carbocycles. The lowest BCUT2D eigenvalue weighted by atomic mass is 10.1. The highest BCUT2D eigenvalue weighted by Crippen LogP contribution is 2.22. The van der Waals surface area contributed by atoms with Gasteiger partial charge in [-0.2, -0.15) is 0 Å². The Morgan fingerprint density at radius 1 is 1.26 bits per heavy atom. The number of carboxylic acids is 1. The first-order chi connectivity index (χ1) is 8.95. The molecule has 0 radical (unpaired) electrons. The van der Waals surface area contributed by atoms with Crippen molar-refractivity contribution in [2.75, 3.05) is 12.4 Å². The predicted molar refractivity (Wildman–Crippen MR) is 71.4 cm³/mol. The highest BCUT2D eigenvalue weighted by Gasteiger charge is 2.23. The number of aliphatic carboxylic acids is 1. The van der Waals surface area contributed by atoms with Gasteiger partial charge in [0.05, 0.1) is 12.8 Å². The number of amides is 2. The van der Waals surface area contributed by atoms with Gasteiger partial charge in [-0.05, 0) is 18.1 Å². The quantitative estimate of drug-likeness (QED) is 0.759. The Bertz CT molecular complexity index is 460. The predicted octanol–water partition coefficient (Wildman–Crippen LogP) is 1.93. The topological polar surface area (TPSA) is 87.7 Å². The third-order valence-electron chi connectivity index (χ3n) is 2.57. The molecular formula is C13H18N2O4. The first-order valence-corrected chi connectivity index (χ1v) is 5.89. The number of anilines is 1. The third-order valence-corrected chi connectivity index (χ3v) is 2.57. The number of benzene rings is 1. The molecule has 0 unspecified atom stereocenters. The van der Waals surface area contributed by atoms with Crippen LogP contribution < -0.4 is 15.4 Å². The Morgan fingerprint density at radius 3 is 2.42 bits per heavy atom. The lowest BCUT2D eigenvalue weighted by molar-refractivity contribution is -0.140. The zero-order valence-corrected chi connectivity index (χ0v) is 11.1. The highest BCUT2D eigenvalue weighted by molar-refractivity contribution is 5.93. The molecule has 0 spiro atoms. The van der Waals surface area contributed by atoms with Crippen LogP contribution in [0.1, 0.15) is 13.8 Å². The van der Waals surface area contributed by atoms with Crippen LogP contribution >= 0.6 is 0 Å². The van der Waals surface area contributed by atoms with Crippen LogP contribution in [0.5, 0.6) is 5.75 Å². The smallest absolute Gasteiger partial charge is 0.326 e. The van der Waals surface area contributed by atoms with Gasteiger partial charge in [0.1, 0.15) is 11.8 Å². The molecule has 1 aromatic rings. The van der Waals surface area contributed by atoms with E-state index in [4.69, 9.17) is 9.84 Å². The van der Waals surface area contributed by atoms with E-state index in [1.807, 2.05) is 0 Å². The van der Waals surface area contributed by atoms with Crippen LogP contribution in [0.3, 0.4) is 0 Å². The van der Waals surface area contributed by atoms with Crippen LogP contribution in [0, 0.1) is 5.92 Å². The summed E-state index contributed by atoms with van der Waals surface area (Å²) in [5.74, 6) is -0.764. The van der Waals surface area contributed by atoms with Gasteiger partial charge in [0.25, 0.3) is 0 Å². The molecule has 0 saturated heterocycles. The van der Waals surface area contributed by atoms with Gasteiger partial charge in [-0.25, -0.2) is 9.59 Å². The van der Waals surface area contributed by atoms with Crippen LogP contribution in [0.15, 0.2) is 24.3 Å². The zero-order chi connectivity index (χ0) is 14.4. The highest BCUT2D eigenvalue weighted by atomic mass is 16.5. The second kappa shape index (κ2) is 6.63. The van der Waals surface area contributed by atoms with Crippen molar-refractivity contribution in [1.82, 2.24) is 5.32 Å². The van der Waals surface area contributed by atoms with Crippen molar-refractivity contribution >= 4 is 17.7 Å². The molecular weight excluding hydrogens is 248 g/mol. The molecule has 104 valence electrons. The van der Waals surface area contributed by atoms with E-state index in [-0.39, 0.29) is 5.92 Å². The normalized spacial score (nSPS) is 11.8. The number of rotatable bonds is 5. The van der Waals surface area contributed by atoms with Crippen molar-refractivity contribution < 1.29 is 19.4 Å². The van der Waals surface area contributed by atoms with E-state index in [1.165, 1.54) is 7.11 Å². The van der Waals surface area contributed by atoms with Crippen molar-refractivity contribution in [1.29, 1.82) is 0 Å². The molecule has 0 aromatic heterocycles. The second-order valence-corrected chi connectivity index (χ2v) is 4.36. The molecule has 0 aliphatic rings. The summed E-state index contributed by atoms with van der Waals surface area (Å²) in [6.45, 7) is 3.45. The molecule has 0 aliphatic heterocycles. The summed E-state index contributed by atoms with van der Waals surface area (Å²) in [5, 5.41) is 14.0. The fraction of sp³-hybridized carbons (Fsp3) is 0.385. The van der Waals surface area contributed by atoms with E-state index in [2.05, 4.69) is 10.6 Å². The number of hydrogen-bond acceptors (Lipinski definition) is 3. The third kappa shape index (κ3) is 4.17. The maximum Gasteiger partial charge on any atom is 0.326 e. The molecule has 6 heteroatoms. The Hall–Kier alpha value is -2.24. The van der Waals surface area contributed by atoms with Crippen LogP contribution in [-0.4, -0.2) is 30.3 Å². The fourth-order valence-corrected chi connectivity index (χ4v) is 1.56. The molecule has 1 atom stereocenters. The summed E-state index contributed by atoms with van der Waals surface area (Å²) < 4.78 is 5.09. The van der Waals surface area contributed by atoms with Gasteiger partial charge >= 0.3 is 12.0 Å². The van der Waals surface area contributed by atoms with Gasteiger partial charge in [-0.3, -0.25) is 0 Å². The summed E-state index contributed by atoms with van der Waals surface area (Å²) in [6.07, 6.45) is 0. The lowest BCUT2D eigenvalue weighted by Gasteiger charge is -2.18. The van der Waals surface area contributed by atoms with Gasteiger partial charge in [0, 0.05) is 0 Å². The van der Waals surface area contributed by atoms with Crippen LogP contribution in [0.25, 0.3) is 0 Å². The molecule has 2 amide bonds. The second-order valence-electron chi connectivity index (χ2n) is 4.36. The molecule has 6 nitrogen and oxygen atoms in total. The average Bonchev–Trinajstić information content (AvgIpc) is 2.36. The number of carbonyl (C=O) groups excluding carboxylic acids is 1. The standard InChI is InChI=1S/C13H18N2O4/c1-8(2)11(12(16)17)15-13(18)14-9-6-4-5-7-10(9)19-3/h4-8,11H,1-3H3,(H,16,17)(H2,14,15,18)/t11-/m1/s1. The van der Waals surface area contributed by atoms with Gasteiger partial charge < -0.3 is 20.5 Å². The SMILES string of the molecule is COc1ccccc1NC(=O)N[C@@H](C(=O)O)C(C)C. The Labute approximate surface area is 111 Å². The Kier molecular flexibility index (Phi) is 5.17. The van der Waals surface area contributed by atoms with Crippen molar-refractivity contribution in [2.45, 2.75) is 19.9 Å². The minimum atomic E-state index is -1.06. The lowest BCUT2D eigenvalue weighted by Crippen LogP contribution is -2.46. The molecule has 3 N–H and O–H groups in total. The van der Waals surface area contributed by atoms with E-state index in [1.54, 1.807) is 38.1 Å². The van der Waals surface area contributed by atoms with E-state index in [0.29, 0.717) is 11.4 Å². The monoisotopic (exact) mass is 266 g/mol. The van der Waals surface area contributed by atoms with Crippen LogP contribution in [0.2, 0.25) is 0 Å². The number of para-hydroxylation sites is 2. The van der Waals surface area contributed by atoms with Gasteiger partial charge in [0.2, 0.25) is 0 Å². The van der Waals surface area contributed by atoms with Crippen LogP contribution in [0.4, 0.5) is 10.5 Å². The van der Waals surface area contributed by atoms with E-state index in [0.717, 1.165) is 0 Å². The van der Waals surface area contributed by atoms with Gasteiger partial charge in [-0.15, -0.1) is 0 Å². The fourth-order valence-electron chi connectivity index (χ4n) is 1.56. The summed E-state index contributed by atoms with van der Waals surface area (Å²) in [6, 6.07) is 5.38. The van der Waals surface area contributed by atoms with Crippen molar-refractivity contribution in [2.24, 2.45) is 5.92 Å². The summed E-state index contributed by atoms with van der Waals surface area (Å²) in [5.41, 5.74) is 0.482. The summed E-state index contributed by atoms with van der Waals surface area (Å²) in [7, 11) is 1.49. The maximum absolute atomic E-state index is 11.8. The van der Waals surface area contributed by atoms with Gasteiger partial charge in [0.15, 0.2) is 0 Å². The number of urea groups is 1. The Balaban J connectivity index is 2.72. The van der Waals surface area contributed by atoms with Crippen molar-refractivity contribution in [3.63, 3.8) is 0 Å². The summed E-state index contributed by atoms with van der Waals surface area (Å²) >= 11 is 0. The number of carbonyl (C=O) groups is 2. The van der Waals surface area contributed by atoms with Crippen molar-refractivity contribution in [3.8, 4) is 5.75 Å². The van der Waals surface area contributed by atoms with E-state index >= 15 is 0 Å². The number of carboxylic acid groups (broad SMARTS) is 1. The molecule has 1 aromatic carbocycles. The molecule has 0 bridgehead atoms. The summed E-state index contributed by atoms with van der Waals surface area (Å²) in [4.78, 5) is 22.7. The first-order valence-electron chi connectivity index (χ1n) is 5.89. The average molecular weight is 266 g/mol. The maximum atomic E-state index is 11.8. The van der Waals surface area contributed by atoms with Crippen molar-refractivity contribution in [3.05, 3.63) is 24.3 Å². The number of nitrogens with one attached hydrogen (secondary N) is 2. The van der Waals surface area contributed by atoms with Gasteiger partial charge in [-0.1, -0.05) is 26.0 Å². The molecule has 1 rings (SSSR count). The minimum absolute atomic E-state index is 0.207. The zero-order valence-electron chi connectivity index (χ0n) is 11.1.